The van der Waals surface area contributed by atoms with Crippen molar-refractivity contribution in [2.75, 3.05) is 30.3 Å². The highest BCUT2D eigenvalue weighted by atomic mass is 35.5. The summed E-state index contributed by atoms with van der Waals surface area (Å²) in [6.07, 6.45) is 4.75. The van der Waals surface area contributed by atoms with E-state index in [1.54, 1.807) is 6.07 Å². The van der Waals surface area contributed by atoms with Crippen LogP contribution in [0, 0.1) is 6.92 Å². The average molecular weight is 624 g/mol. The number of carbonyl (C=O) groups excluding carboxylic acids is 1. The van der Waals surface area contributed by atoms with Gasteiger partial charge in [-0.25, -0.2) is 15.0 Å². The maximum Gasteiger partial charge on any atom is 0.291 e. The van der Waals surface area contributed by atoms with Gasteiger partial charge < -0.3 is 25.6 Å². The van der Waals surface area contributed by atoms with Gasteiger partial charge in [0.25, 0.3) is 5.91 Å². The number of carbonyl (C=O) groups is 1. The molecule has 1 atom stereocenters. The first-order valence-electron chi connectivity index (χ1n) is 15.1. The quantitative estimate of drug-likeness (QED) is 0.205. The smallest absolute Gasteiger partial charge is 0.291 e. The minimum Gasteiger partial charge on any atom is -0.392 e. The topological polar surface area (TPSA) is 133 Å². The molecule has 2 aliphatic rings. The number of nitrogens with one attached hydrogen (secondary N) is 3. The Bertz CT molecular complexity index is 1920. The molecule has 1 amide bonds. The number of β-amino-alcohol motifs (C(OH)–C–C–N with tert-alkyl or cyclic N) is 1. The van der Waals surface area contributed by atoms with Gasteiger partial charge >= 0.3 is 0 Å². The van der Waals surface area contributed by atoms with E-state index in [-0.39, 0.29) is 12.0 Å². The standard InChI is InChI=1S/C33H34ClN9O2/c1-19-22(23-6-4-8-25(29(23)34)41-33(45)32-40-27-15-35-11-9-28(27)42(32)2)5-3-7-24(19)39-31-30-26(37-18-38-31)13-20(14-36-30)16-43-12-10-21(44)17-43/h3-8,13-14,18,21,35,44H,9-12,15-17H2,1-2H3,(H,41,45)(H,37,38,39)/t21-/m1/s1. The number of fused-ring (bicyclic) bond motifs is 2. The number of anilines is 3. The van der Waals surface area contributed by atoms with Crippen molar-refractivity contribution in [2.45, 2.75) is 39.0 Å². The van der Waals surface area contributed by atoms with Crippen molar-refractivity contribution in [3.8, 4) is 11.1 Å². The number of halogens is 1. The third kappa shape index (κ3) is 5.75. The second-order valence-electron chi connectivity index (χ2n) is 11.7. The van der Waals surface area contributed by atoms with E-state index in [2.05, 4.69) is 35.8 Å². The van der Waals surface area contributed by atoms with E-state index in [4.69, 9.17) is 16.6 Å². The van der Waals surface area contributed by atoms with Gasteiger partial charge in [0.15, 0.2) is 11.6 Å². The van der Waals surface area contributed by atoms with Gasteiger partial charge in [-0.05, 0) is 48.2 Å². The highest BCUT2D eigenvalue weighted by molar-refractivity contribution is 6.36. The van der Waals surface area contributed by atoms with Crippen molar-refractivity contribution in [2.24, 2.45) is 7.05 Å². The molecule has 2 aliphatic heterocycles. The normalized spacial score (nSPS) is 16.6. The van der Waals surface area contributed by atoms with Crippen molar-refractivity contribution in [3.05, 3.63) is 88.4 Å². The van der Waals surface area contributed by atoms with E-state index in [1.807, 2.05) is 61.1 Å². The van der Waals surface area contributed by atoms with Crippen molar-refractivity contribution in [3.63, 3.8) is 0 Å². The number of amides is 1. The summed E-state index contributed by atoms with van der Waals surface area (Å²) in [6, 6.07) is 13.6. The first kappa shape index (κ1) is 29.3. The van der Waals surface area contributed by atoms with E-state index in [0.29, 0.717) is 41.0 Å². The summed E-state index contributed by atoms with van der Waals surface area (Å²) in [5.74, 6) is 0.658. The lowest BCUT2D eigenvalue weighted by atomic mass is 9.98. The van der Waals surface area contributed by atoms with Gasteiger partial charge in [-0.15, -0.1) is 0 Å². The largest absolute Gasteiger partial charge is 0.392 e. The summed E-state index contributed by atoms with van der Waals surface area (Å²) in [6.45, 7) is 5.80. The van der Waals surface area contributed by atoms with Gasteiger partial charge in [-0.3, -0.25) is 14.7 Å². The number of nitrogens with zero attached hydrogens (tertiary/aromatic N) is 6. The Morgan fingerprint density at radius 3 is 2.76 bits per heavy atom. The first-order chi connectivity index (χ1) is 21.9. The molecule has 1 fully saturated rings. The van der Waals surface area contributed by atoms with Gasteiger partial charge in [0.1, 0.15) is 11.8 Å². The molecule has 0 unspecified atom stereocenters. The monoisotopic (exact) mass is 623 g/mol. The average Bonchev–Trinajstić information content (AvgIpc) is 3.61. The van der Waals surface area contributed by atoms with Crippen LogP contribution in [0.4, 0.5) is 17.2 Å². The maximum atomic E-state index is 13.3. The van der Waals surface area contributed by atoms with Gasteiger partial charge in [-0.1, -0.05) is 35.9 Å². The molecule has 230 valence electrons. The highest BCUT2D eigenvalue weighted by Crippen LogP contribution is 2.38. The second kappa shape index (κ2) is 12.2. The lowest BCUT2D eigenvalue weighted by Gasteiger charge is -2.17. The van der Waals surface area contributed by atoms with Crippen LogP contribution in [-0.2, 0) is 26.6 Å². The zero-order valence-corrected chi connectivity index (χ0v) is 25.9. The Morgan fingerprint density at radius 1 is 1.13 bits per heavy atom. The fourth-order valence-corrected chi connectivity index (χ4v) is 6.52. The predicted molar refractivity (Wildman–Crippen MR) is 175 cm³/mol. The number of imidazole rings is 1. The molecule has 1 saturated heterocycles. The predicted octanol–water partition coefficient (Wildman–Crippen LogP) is 4.60. The fourth-order valence-electron chi connectivity index (χ4n) is 6.24. The summed E-state index contributed by atoms with van der Waals surface area (Å²) in [4.78, 5) is 33.8. The number of rotatable bonds is 7. The van der Waals surface area contributed by atoms with Crippen molar-refractivity contribution < 1.29 is 9.90 Å². The van der Waals surface area contributed by atoms with Gasteiger partial charge in [0, 0.05) is 69.3 Å². The van der Waals surface area contributed by atoms with Gasteiger partial charge in [-0.2, -0.15) is 0 Å². The number of benzene rings is 2. The van der Waals surface area contributed by atoms with Crippen LogP contribution in [-0.4, -0.2) is 66.2 Å². The fraction of sp³-hybridized carbons (Fsp3) is 0.303. The molecule has 3 aromatic heterocycles. The third-order valence-corrected chi connectivity index (χ3v) is 9.05. The van der Waals surface area contributed by atoms with Gasteiger partial charge in [0.05, 0.1) is 28.0 Å². The molecule has 7 rings (SSSR count). The Balaban J connectivity index is 1.13. The Kier molecular flexibility index (Phi) is 7.92. The zero-order valence-electron chi connectivity index (χ0n) is 25.1. The van der Waals surface area contributed by atoms with Crippen LogP contribution in [0.15, 0.2) is 55.0 Å². The number of aromatic nitrogens is 5. The van der Waals surface area contributed by atoms with E-state index in [0.717, 1.165) is 77.3 Å². The van der Waals surface area contributed by atoms with Crippen LogP contribution >= 0.6 is 11.6 Å². The Hall–Kier alpha value is -4.42. The van der Waals surface area contributed by atoms with Crippen LogP contribution < -0.4 is 16.0 Å². The number of likely N-dealkylation sites (tertiary alicyclic amines) is 1. The number of pyridine rings is 1. The van der Waals surface area contributed by atoms with E-state index in [9.17, 15) is 9.90 Å². The Morgan fingerprint density at radius 2 is 1.96 bits per heavy atom. The lowest BCUT2D eigenvalue weighted by Crippen LogP contribution is -2.24. The molecule has 5 heterocycles. The lowest BCUT2D eigenvalue weighted by molar-refractivity contribution is 0.101. The van der Waals surface area contributed by atoms with Crippen molar-refractivity contribution >= 4 is 45.7 Å². The molecule has 0 bridgehead atoms. The summed E-state index contributed by atoms with van der Waals surface area (Å²) in [5.41, 5.74) is 8.48. The molecule has 0 spiro atoms. The molecule has 0 aliphatic carbocycles. The molecule has 11 nitrogen and oxygen atoms in total. The second-order valence-corrected chi connectivity index (χ2v) is 12.0. The van der Waals surface area contributed by atoms with E-state index < -0.39 is 0 Å². The summed E-state index contributed by atoms with van der Waals surface area (Å²) < 4.78 is 1.87. The SMILES string of the molecule is Cc1c(Nc2ncnc3cc(CN4CC[C@@H](O)C4)cnc23)cccc1-c1cccc(NC(=O)c2nc3c(n2C)CCNC3)c1Cl. The number of aliphatic hydroxyl groups is 1. The minimum atomic E-state index is -0.303. The van der Waals surface area contributed by atoms with Crippen molar-refractivity contribution in [1.82, 2.24) is 34.7 Å². The van der Waals surface area contributed by atoms with E-state index in [1.165, 1.54) is 6.33 Å². The van der Waals surface area contributed by atoms with Crippen molar-refractivity contribution in [1.29, 1.82) is 0 Å². The van der Waals surface area contributed by atoms with Crippen LogP contribution in [0.5, 0.6) is 0 Å². The maximum absolute atomic E-state index is 13.3. The summed E-state index contributed by atoms with van der Waals surface area (Å²) >= 11 is 6.94. The molecule has 5 aromatic rings. The van der Waals surface area contributed by atoms with Crippen LogP contribution in [0.2, 0.25) is 5.02 Å². The van der Waals surface area contributed by atoms with Crippen LogP contribution in [0.3, 0.4) is 0 Å². The summed E-state index contributed by atoms with van der Waals surface area (Å²) in [7, 11) is 1.88. The number of aliphatic hydroxyl groups excluding tert-OH is 1. The number of hydrogen-bond acceptors (Lipinski definition) is 9. The molecule has 4 N–H and O–H groups in total. The third-order valence-electron chi connectivity index (χ3n) is 8.64. The molecule has 12 heteroatoms. The molecule has 0 radical (unpaired) electrons. The van der Waals surface area contributed by atoms with E-state index >= 15 is 0 Å². The van der Waals surface area contributed by atoms with Crippen LogP contribution in [0.25, 0.3) is 22.2 Å². The first-order valence-corrected chi connectivity index (χ1v) is 15.5. The molecule has 2 aromatic carbocycles. The highest BCUT2D eigenvalue weighted by Gasteiger charge is 2.23. The minimum absolute atomic E-state index is 0.263. The molecular weight excluding hydrogens is 590 g/mol. The Labute approximate surface area is 265 Å². The summed E-state index contributed by atoms with van der Waals surface area (Å²) in [5, 5.41) is 20.0. The van der Waals surface area contributed by atoms with Crippen LogP contribution in [0.1, 0.15) is 39.6 Å². The van der Waals surface area contributed by atoms with Gasteiger partial charge in [0.2, 0.25) is 0 Å². The molecule has 0 saturated carbocycles. The zero-order chi connectivity index (χ0) is 31.1. The molecular formula is C33H34ClN9O2. The number of hydrogen-bond donors (Lipinski definition) is 4. The molecule has 45 heavy (non-hydrogen) atoms.